The molecule has 1 aromatic heterocycles. The van der Waals surface area contributed by atoms with Gasteiger partial charge in [0, 0.05) is 36.9 Å². The van der Waals surface area contributed by atoms with E-state index in [2.05, 4.69) is 46.2 Å². The lowest BCUT2D eigenvalue weighted by Gasteiger charge is -2.33. The van der Waals surface area contributed by atoms with Gasteiger partial charge in [-0.3, -0.25) is 9.69 Å². The normalized spacial score (nSPS) is 20.5. The number of carbonyl (C=O) groups excluding carboxylic acids is 1. The summed E-state index contributed by atoms with van der Waals surface area (Å²) < 4.78 is 1.19. The molecule has 2 aliphatic heterocycles. The summed E-state index contributed by atoms with van der Waals surface area (Å²) in [5, 5.41) is 1.17. The summed E-state index contributed by atoms with van der Waals surface area (Å²) in [7, 11) is 0. The third kappa shape index (κ3) is 2.83. The molecule has 0 spiro atoms. The van der Waals surface area contributed by atoms with Crippen LogP contribution in [0.15, 0.2) is 54.6 Å². The van der Waals surface area contributed by atoms with Crippen LogP contribution in [0.3, 0.4) is 0 Å². The number of hydrogen-bond acceptors (Lipinski definition) is 3. The zero-order valence-corrected chi connectivity index (χ0v) is 15.5. The van der Waals surface area contributed by atoms with Crippen LogP contribution in [-0.4, -0.2) is 41.4 Å². The third-order valence-corrected chi connectivity index (χ3v) is 6.87. The first-order valence-corrected chi connectivity index (χ1v) is 10.2. The van der Waals surface area contributed by atoms with Crippen molar-refractivity contribution >= 4 is 27.3 Å². The van der Waals surface area contributed by atoms with E-state index in [0.29, 0.717) is 6.04 Å². The zero-order chi connectivity index (χ0) is 17.5. The Balaban J connectivity index is 1.29. The maximum atomic E-state index is 13.0. The number of rotatable bonds is 2. The summed E-state index contributed by atoms with van der Waals surface area (Å²) >= 11 is 1.61. The van der Waals surface area contributed by atoms with Gasteiger partial charge in [-0.05, 0) is 41.5 Å². The van der Waals surface area contributed by atoms with Crippen LogP contribution in [0.25, 0.3) is 10.1 Å². The molecule has 2 aromatic carbocycles. The Hall–Kier alpha value is -2.17. The molecule has 132 valence electrons. The van der Waals surface area contributed by atoms with Gasteiger partial charge in [-0.15, -0.1) is 11.3 Å². The maximum absolute atomic E-state index is 13.0. The van der Waals surface area contributed by atoms with Crippen LogP contribution in [0, 0.1) is 0 Å². The lowest BCUT2D eigenvalue weighted by atomic mass is 9.98. The first-order chi connectivity index (χ1) is 12.8. The van der Waals surface area contributed by atoms with E-state index in [1.807, 2.05) is 18.2 Å². The smallest absolute Gasteiger partial charge is 0.264 e. The molecule has 5 rings (SSSR count). The first-order valence-electron chi connectivity index (χ1n) is 9.36. The Bertz CT molecular complexity index is 930. The van der Waals surface area contributed by atoms with E-state index >= 15 is 0 Å². The average Bonchev–Trinajstić information content (AvgIpc) is 3.34. The van der Waals surface area contributed by atoms with Crippen LogP contribution < -0.4 is 0 Å². The highest BCUT2D eigenvalue weighted by atomic mass is 32.1. The minimum absolute atomic E-state index is 0.200. The monoisotopic (exact) mass is 362 g/mol. The number of benzene rings is 2. The van der Waals surface area contributed by atoms with E-state index < -0.39 is 0 Å². The zero-order valence-electron chi connectivity index (χ0n) is 14.7. The van der Waals surface area contributed by atoms with Crippen molar-refractivity contribution in [2.45, 2.75) is 25.4 Å². The summed E-state index contributed by atoms with van der Waals surface area (Å²) in [5.74, 6) is 0.200. The van der Waals surface area contributed by atoms with Gasteiger partial charge in [-0.25, -0.2) is 0 Å². The summed E-state index contributed by atoms with van der Waals surface area (Å²) in [4.78, 5) is 18.5. The van der Waals surface area contributed by atoms with Gasteiger partial charge in [0.2, 0.25) is 0 Å². The molecule has 0 radical (unpaired) electrons. The van der Waals surface area contributed by atoms with E-state index in [0.717, 1.165) is 43.9 Å². The highest BCUT2D eigenvalue weighted by molar-refractivity contribution is 7.20. The number of nitrogens with zero attached hydrogens (tertiary/aromatic N) is 2. The van der Waals surface area contributed by atoms with Gasteiger partial charge in [0.05, 0.1) is 4.88 Å². The SMILES string of the molecule is O=C(c1cc2ccccc2s1)N1CCC(N2CCc3ccccc3C2)C1. The quantitative estimate of drug-likeness (QED) is 0.683. The molecule has 0 saturated carbocycles. The van der Waals surface area contributed by atoms with Gasteiger partial charge in [0.1, 0.15) is 0 Å². The van der Waals surface area contributed by atoms with Crippen LogP contribution in [-0.2, 0) is 13.0 Å². The summed E-state index contributed by atoms with van der Waals surface area (Å²) in [6.45, 7) is 3.85. The fraction of sp³-hybridized carbons (Fsp3) is 0.318. The van der Waals surface area contributed by atoms with Crippen LogP contribution in [0.5, 0.6) is 0 Å². The Kier molecular flexibility index (Phi) is 4.03. The second-order valence-electron chi connectivity index (χ2n) is 7.33. The summed E-state index contributed by atoms with van der Waals surface area (Å²) in [5.41, 5.74) is 2.94. The number of amides is 1. The van der Waals surface area contributed by atoms with Crippen molar-refractivity contribution in [2.75, 3.05) is 19.6 Å². The van der Waals surface area contributed by atoms with Crippen molar-refractivity contribution in [3.63, 3.8) is 0 Å². The molecule has 3 aromatic rings. The predicted octanol–water partition coefficient (Wildman–Crippen LogP) is 4.17. The number of likely N-dealkylation sites (tertiary alicyclic amines) is 1. The number of fused-ring (bicyclic) bond motifs is 2. The highest BCUT2D eigenvalue weighted by Crippen LogP contribution is 2.29. The summed E-state index contributed by atoms with van der Waals surface area (Å²) in [6.07, 6.45) is 2.20. The Labute approximate surface area is 157 Å². The molecule has 2 aliphatic rings. The van der Waals surface area contributed by atoms with Gasteiger partial charge in [-0.2, -0.15) is 0 Å². The van der Waals surface area contributed by atoms with Gasteiger partial charge in [0.15, 0.2) is 0 Å². The van der Waals surface area contributed by atoms with E-state index in [1.165, 1.54) is 21.2 Å². The van der Waals surface area contributed by atoms with Crippen LogP contribution >= 0.6 is 11.3 Å². The molecule has 3 nitrogen and oxygen atoms in total. The molecule has 1 amide bonds. The van der Waals surface area contributed by atoms with Gasteiger partial charge in [-0.1, -0.05) is 42.5 Å². The van der Waals surface area contributed by atoms with Gasteiger partial charge >= 0.3 is 0 Å². The van der Waals surface area contributed by atoms with E-state index in [1.54, 1.807) is 11.3 Å². The first kappa shape index (κ1) is 16.0. The largest absolute Gasteiger partial charge is 0.336 e. The fourth-order valence-electron chi connectivity index (χ4n) is 4.30. The molecule has 26 heavy (non-hydrogen) atoms. The minimum Gasteiger partial charge on any atom is -0.336 e. The highest BCUT2D eigenvalue weighted by Gasteiger charge is 2.32. The number of thiophene rings is 1. The standard InChI is InChI=1S/C22H22N2OS/c25-22(21-13-17-6-3-4-8-20(17)26-21)24-12-10-19(15-24)23-11-9-16-5-1-2-7-18(16)14-23/h1-8,13,19H,9-12,14-15H2. The van der Waals surface area contributed by atoms with E-state index in [-0.39, 0.29) is 5.91 Å². The van der Waals surface area contributed by atoms with Crippen molar-refractivity contribution in [3.8, 4) is 0 Å². The van der Waals surface area contributed by atoms with Crippen molar-refractivity contribution in [1.82, 2.24) is 9.80 Å². The summed E-state index contributed by atoms with van der Waals surface area (Å²) in [6, 6.07) is 19.5. The molecule has 3 heterocycles. The second kappa shape index (κ2) is 6.53. The van der Waals surface area contributed by atoms with Crippen LogP contribution in [0.1, 0.15) is 27.2 Å². The lowest BCUT2D eigenvalue weighted by molar-refractivity contribution is 0.0778. The Morgan fingerprint density at radius 3 is 2.69 bits per heavy atom. The second-order valence-corrected chi connectivity index (χ2v) is 8.42. The topological polar surface area (TPSA) is 23.6 Å². The molecule has 0 aliphatic carbocycles. The van der Waals surface area contributed by atoms with E-state index in [4.69, 9.17) is 0 Å². The molecule has 4 heteroatoms. The molecule has 0 N–H and O–H groups in total. The molecule has 1 fully saturated rings. The average molecular weight is 362 g/mol. The lowest BCUT2D eigenvalue weighted by Crippen LogP contribution is -2.41. The molecular formula is C22H22N2OS. The molecule has 1 saturated heterocycles. The van der Waals surface area contributed by atoms with Crippen molar-refractivity contribution in [3.05, 3.63) is 70.6 Å². The Morgan fingerprint density at radius 1 is 1.00 bits per heavy atom. The number of hydrogen-bond donors (Lipinski definition) is 0. The molecule has 0 bridgehead atoms. The Morgan fingerprint density at radius 2 is 1.81 bits per heavy atom. The van der Waals surface area contributed by atoms with Crippen molar-refractivity contribution < 1.29 is 4.79 Å². The van der Waals surface area contributed by atoms with Crippen LogP contribution in [0.2, 0.25) is 0 Å². The predicted molar refractivity (Wildman–Crippen MR) is 107 cm³/mol. The molecule has 1 atom stereocenters. The van der Waals surface area contributed by atoms with Gasteiger partial charge in [0.25, 0.3) is 5.91 Å². The third-order valence-electron chi connectivity index (χ3n) is 5.76. The van der Waals surface area contributed by atoms with Crippen molar-refractivity contribution in [1.29, 1.82) is 0 Å². The van der Waals surface area contributed by atoms with Gasteiger partial charge < -0.3 is 4.90 Å². The minimum atomic E-state index is 0.200. The fourth-order valence-corrected chi connectivity index (χ4v) is 5.33. The molecule has 1 unspecified atom stereocenters. The van der Waals surface area contributed by atoms with Crippen molar-refractivity contribution in [2.24, 2.45) is 0 Å². The molecular weight excluding hydrogens is 340 g/mol. The number of carbonyl (C=O) groups is 1. The van der Waals surface area contributed by atoms with E-state index in [9.17, 15) is 4.79 Å². The maximum Gasteiger partial charge on any atom is 0.264 e. The van der Waals surface area contributed by atoms with Crippen LogP contribution in [0.4, 0.5) is 0 Å².